The van der Waals surface area contributed by atoms with Crippen molar-refractivity contribution >= 4 is 17.5 Å². The molecule has 1 amide bonds. The van der Waals surface area contributed by atoms with Crippen LogP contribution in [-0.4, -0.2) is 12.5 Å². The molecular formula is C13H14ClNO2. The summed E-state index contributed by atoms with van der Waals surface area (Å²) in [6, 6.07) is 7.44. The first-order valence-electron chi connectivity index (χ1n) is 5.58. The SMILES string of the molecule is CCOC1=CC(=O)NC(c2cccc(Cl)c2)C1. The number of hydrogen-bond donors (Lipinski definition) is 1. The molecule has 17 heavy (non-hydrogen) atoms. The Morgan fingerprint density at radius 3 is 3.06 bits per heavy atom. The van der Waals surface area contributed by atoms with Crippen LogP contribution in [0.15, 0.2) is 36.1 Å². The number of amides is 1. The van der Waals surface area contributed by atoms with Crippen LogP contribution < -0.4 is 5.32 Å². The molecule has 0 aromatic heterocycles. The van der Waals surface area contributed by atoms with E-state index in [0.717, 1.165) is 11.3 Å². The van der Waals surface area contributed by atoms with E-state index in [9.17, 15) is 4.79 Å². The fourth-order valence-electron chi connectivity index (χ4n) is 1.88. The molecule has 1 N–H and O–H groups in total. The minimum absolute atomic E-state index is 0.0623. The highest BCUT2D eigenvalue weighted by molar-refractivity contribution is 6.30. The highest BCUT2D eigenvalue weighted by atomic mass is 35.5. The van der Waals surface area contributed by atoms with Crippen LogP contribution in [0.2, 0.25) is 5.02 Å². The fourth-order valence-corrected chi connectivity index (χ4v) is 2.08. The lowest BCUT2D eigenvalue weighted by Crippen LogP contribution is -2.31. The summed E-state index contributed by atoms with van der Waals surface area (Å²) >= 11 is 5.94. The lowest BCUT2D eigenvalue weighted by atomic mass is 10.00. The minimum Gasteiger partial charge on any atom is -0.498 e. The van der Waals surface area contributed by atoms with E-state index in [2.05, 4.69) is 5.32 Å². The summed E-state index contributed by atoms with van der Waals surface area (Å²) in [5, 5.41) is 3.56. The van der Waals surface area contributed by atoms with Gasteiger partial charge >= 0.3 is 0 Å². The van der Waals surface area contributed by atoms with Gasteiger partial charge in [0.1, 0.15) is 5.76 Å². The second-order valence-corrected chi connectivity index (χ2v) is 4.30. The van der Waals surface area contributed by atoms with Gasteiger partial charge in [0, 0.05) is 17.5 Å². The molecule has 1 unspecified atom stereocenters. The van der Waals surface area contributed by atoms with E-state index < -0.39 is 0 Å². The van der Waals surface area contributed by atoms with Crippen molar-refractivity contribution in [2.45, 2.75) is 19.4 Å². The Kier molecular flexibility index (Phi) is 3.69. The summed E-state index contributed by atoms with van der Waals surface area (Å²) in [6.45, 7) is 2.48. The summed E-state index contributed by atoms with van der Waals surface area (Å²) < 4.78 is 5.40. The van der Waals surface area contributed by atoms with Crippen molar-refractivity contribution in [2.75, 3.05) is 6.61 Å². The predicted molar refractivity (Wildman–Crippen MR) is 66.7 cm³/mol. The number of carbonyl (C=O) groups excluding carboxylic acids is 1. The molecule has 2 rings (SSSR count). The van der Waals surface area contributed by atoms with E-state index in [1.165, 1.54) is 6.08 Å². The maximum absolute atomic E-state index is 11.5. The van der Waals surface area contributed by atoms with E-state index in [1.54, 1.807) is 0 Å². The quantitative estimate of drug-likeness (QED) is 0.897. The first-order valence-corrected chi connectivity index (χ1v) is 5.96. The Labute approximate surface area is 105 Å². The zero-order chi connectivity index (χ0) is 12.3. The molecule has 1 aromatic carbocycles. The van der Waals surface area contributed by atoms with Crippen molar-refractivity contribution in [2.24, 2.45) is 0 Å². The molecule has 4 heteroatoms. The summed E-state index contributed by atoms with van der Waals surface area (Å²) in [5.41, 5.74) is 0.996. The number of hydrogen-bond acceptors (Lipinski definition) is 2. The van der Waals surface area contributed by atoms with E-state index in [1.807, 2.05) is 31.2 Å². The van der Waals surface area contributed by atoms with Gasteiger partial charge in [0.15, 0.2) is 0 Å². The lowest BCUT2D eigenvalue weighted by molar-refractivity contribution is -0.118. The predicted octanol–water partition coefficient (Wildman–Crippen LogP) is 2.82. The minimum atomic E-state index is -0.121. The number of ether oxygens (including phenoxy) is 1. The number of benzene rings is 1. The number of rotatable bonds is 3. The van der Waals surface area contributed by atoms with Crippen molar-refractivity contribution in [1.82, 2.24) is 5.32 Å². The van der Waals surface area contributed by atoms with Crippen molar-refractivity contribution in [1.29, 1.82) is 0 Å². The second kappa shape index (κ2) is 5.23. The van der Waals surface area contributed by atoms with Gasteiger partial charge < -0.3 is 10.1 Å². The molecular weight excluding hydrogens is 238 g/mol. The molecule has 1 aliphatic heterocycles. The normalized spacial score (nSPS) is 19.5. The zero-order valence-corrected chi connectivity index (χ0v) is 10.3. The maximum atomic E-state index is 11.5. The Morgan fingerprint density at radius 2 is 2.35 bits per heavy atom. The maximum Gasteiger partial charge on any atom is 0.247 e. The average Bonchev–Trinajstić information content (AvgIpc) is 2.28. The van der Waals surface area contributed by atoms with Crippen LogP contribution in [0, 0.1) is 0 Å². The van der Waals surface area contributed by atoms with Crippen LogP contribution >= 0.6 is 11.6 Å². The molecule has 0 saturated heterocycles. The Bertz CT molecular complexity index is 456. The number of nitrogens with one attached hydrogen (secondary N) is 1. The van der Waals surface area contributed by atoms with E-state index in [-0.39, 0.29) is 11.9 Å². The van der Waals surface area contributed by atoms with Gasteiger partial charge in [0.25, 0.3) is 0 Å². The van der Waals surface area contributed by atoms with Crippen LogP contribution in [0.5, 0.6) is 0 Å². The molecule has 1 atom stereocenters. The third-order valence-electron chi connectivity index (χ3n) is 2.59. The second-order valence-electron chi connectivity index (χ2n) is 3.86. The summed E-state index contributed by atoms with van der Waals surface area (Å²) in [5.74, 6) is 0.603. The van der Waals surface area contributed by atoms with E-state index in [0.29, 0.717) is 18.1 Å². The van der Waals surface area contributed by atoms with Gasteiger partial charge in [0.2, 0.25) is 5.91 Å². The third-order valence-corrected chi connectivity index (χ3v) is 2.83. The Balaban J connectivity index is 2.18. The molecule has 1 heterocycles. The highest BCUT2D eigenvalue weighted by Gasteiger charge is 2.21. The molecule has 1 aliphatic rings. The fraction of sp³-hybridized carbons (Fsp3) is 0.308. The third kappa shape index (κ3) is 3.01. The van der Waals surface area contributed by atoms with Crippen molar-refractivity contribution < 1.29 is 9.53 Å². The van der Waals surface area contributed by atoms with Crippen molar-refractivity contribution in [3.05, 3.63) is 46.7 Å². The van der Waals surface area contributed by atoms with E-state index >= 15 is 0 Å². The standard InChI is InChI=1S/C13H14ClNO2/c1-2-17-11-7-12(15-13(16)8-11)9-4-3-5-10(14)6-9/h3-6,8,12H,2,7H2,1H3,(H,15,16). The molecule has 90 valence electrons. The van der Waals surface area contributed by atoms with E-state index in [4.69, 9.17) is 16.3 Å². The largest absolute Gasteiger partial charge is 0.498 e. The molecule has 3 nitrogen and oxygen atoms in total. The first kappa shape index (κ1) is 12.0. The van der Waals surface area contributed by atoms with Crippen LogP contribution in [0.25, 0.3) is 0 Å². The first-order chi connectivity index (χ1) is 8.19. The lowest BCUT2D eigenvalue weighted by Gasteiger charge is -2.24. The van der Waals surface area contributed by atoms with Crippen molar-refractivity contribution in [3.63, 3.8) is 0 Å². The van der Waals surface area contributed by atoms with Gasteiger partial charge in [-0.3, -0.25) is 4.79 Å². The van der Waals surface area contributed by atoms with Gasteiger partial charge in [-0.2, -0.15) is 0 Å². The molecule has 0 aliphatic carbocycles. The van der Waals surface area contributed by atoms with Gasteiger partial charge in [-0.25, -0.2) is 0 Å². The molecule has 0 radical (unpaired) electrons. The number of halogens is 1. The molecule has 0 bridgehead atoms. The highest BCUT2D eigenvalue weighted by Crippen LogP contribution is 2.26. The van der Waals surface area contributed by atoms with Crippen molar-refractivity contribution in [3.8, 4) is 0 Å². The van der Waals surface area contributed by atoms with Crippen LogP contribution in [0.1, 0.15) is 24.9 Å². The Hall–Kier alpha value is -1.48. The van der Waals surface area contributed by atoms with Gasteiger partial charge in [-0.05, 0) is 24.6 Å². The Morgan fingerprint density at radius 1 is 1.53 bits per heavy atom. The van der Waals surface area contributed by atoms with Gasteiger partial charge in [-0.15, -0.1) is 0 Å². The summed E-state index contributed by atoms with van der Waals surface area (Å²) in [6.07, 6.45) is 2.17. The molecule has 0 fully saturated rings. The zero-order valence-electron chi connectivity index (χ0n) is 9.57. The van der Waals surface area contributed by atoms with Crippen LogP contribution in [-0.2, 0) is 9.53 Å². The topological polar surface area (TPSA) is 38.3 Å². The smallest absolute Gasteiger partial charge is 0.247 e. The van der Waals surface area contributed by atoms with Gasteiger partial charge in [0.05, 0.1) is 12.6 Å². The molecule has 1 aromatic rings. The average molecular weight is 252 g/mol. The molecule has 0 saturated carbocycles. The van der Waals surface area contributed by atoms with Crippen LogP contribution in [0.3, 0.4) is 0 Å². The van der Waals surface area contributed by atoms with Gasteiger partial charge in [-0.1, -0.05) is 23.7 Å². The summed E-state index contributed by atoms with van der Waals surface area (Å²) in [7, 11) is 0. The monoisotopic (exact) mass is 251 g/mol. The molecule has 0 spiro atoms. The van der Waals surface area contributed by atoms with Crippen LogP contribution in [0.4, 0.5) is 0 Å². The number of carbonyl (C=O) groups is 1. The summed E-state index contributed by atoms with van der Waals surface area (Å²) in [4.78, 5) is 11.5.